The van der Waals surface area contributed by atoms with Gasteiger partial charge >= 0.3 is 11.8 Å². The number of carbonyl (C=O) groups is 2. The second-order valence-corrected chi connectivity index (χ2v) is 5.82. The molecule has 0 spiro atoms. The molecule has 2 amide bonds. The normalized spacial score (nSPS) is 13.4. The smallest absolute Gasteiger partial charge is 0.313 e. The highest BCUT2D eigenvalue weighted by atomic mass is 35.5. The summed E-state index contributed by atoms with van der Waals surface area (Å²) in [6.45, 7) is 1.60. The lowest BCUT2D eigenvalue weighted by molar-refractivity contribution is -0.136. The minimum Gasteiger partial charge on any atom is -0.387 e. The van der Waals surface area contributed by atoms with E-state index >= 15 is 0 Å². The number of carbonyl (C=O) groups excluding carboxylic acids is 2. The third kappa shape index (κ3) is 5.40. The van der Waals surface area contributed by atoms with Crippen molar-refractivity contribution in [3.8, 4) is 0 Å². The molecule has 5 nitrogen and oxygen atoms in total. The van der Waals surface area contributed by atoms with Crippen LogP contribution in [0.5, 0.6) is 0 Å². The van der Waals surface area contributed by atoms with Crippen LogP contribution in [0, 0.1) is 0 Å². The van der Waals surface area contributed by atoms with Crippen LogP contribution in [0.2, 0.25) is 5.02 Å². The fraction of sp³-hybridized carbons (Fsp3) is 0.385. The Labute approximate surface area is 127 Å². The number of aliphatic hydroxyl groups is 1. The first-order valence-corrected chi connectivity index (χ1v) is 7.68. The number of thioether (sulfide) groups is 1. The molecule has 0 saturated heterocycles. The Balaban J connectivity index is 2.52. The average Bonchev–Trinajstić information content (AvgIpc) is 2.38. The molecule has 7 heteroatoms. The van der Waals surface area contributed by atoms with E-state index in [9.17, 15) is 14.7 Å². The summed E-state index contributed by atoms with van der Waals surface area (Å²) in [5.74, 6) is -1.18. The molecular weight excluding hydrogens is 300 g/mol. The van der Waals surface area contributed by atoms with Crippen molar-refractivity contribution in [2.24, 2.45) is 0 Å². The fourth-order valence-electron chi connectivity index (χ4n) is 1.45. The van der Waals surface area contributed by atoms with Crippen LogP contribution in [0.3, 0.4) is 0 Å². The van der Waals surface area contributed by atoms with E-state index in [-0.39, 0.29) is 6.54 Å². The number of hydrogen-bond donors (Lipinski definition) is 3. The van der Waals surface area contributed by atoms with Gasteiger partial charge in [0.05, 0.1) is 16.3 Å². The molecule has 20 heavy (non-hydrogen) atoms. The van der Waals surface area contributed by atoms with Crippen molar-refractivity contribution in [1.29, 1.82) is 0 Å². The number of amides is 2. The number of halogens is 1. The molecule has 0 aliphatic heterocycles. The highest BCUT2D eigenvalue weighted by molar-refractivity contribution is 7.98. The second kappa shape index (κ2) is 7.52. The molecular formula is C13H17ClN2O3S. The van der Waals surface area contributed by atoms with E-state index in [4.69, 9.17) is 11.6 Å². The number of para-hydroxylation sites is 1. The molecule has 0 radical (unpaired) electrons. The number of rotatable bonds is 5. The molecule has 0 heterocycles. The Bertz CT molecular complexity index is 494. The van der Waals surface area contributed by atoms with Crippen LogP contribution in [-0.2, 0) is 9.59 Å². The van der Waals surface area contributed by atoms with E-state index in [0.717, 1.165) is 0 Å². The molecule has 1 unspecified atom stereocenters. The summed E-state index contributed by atoms with van der Waals surface area (Å²) in [6.07, 6.45) is 1.85. The van der Waals surface area contributed by atoms with Gasteiger partial charge in [0.1, 0.15) is 0 Å². The van der Waals surface area contributed by atoms with Crippen LogP contribution < -0.4 is 10.6 Å². The van der Waals surface area contributed by atoms with Gasteiger partial charge in [-0.1, -0.05) is 23.7 Å². The molecule has 0 aliphatic rings. The summed E-state index contributed by atoms with van der Waals surface area (Å²) < 4.78 is 0. The van der Waals surface area contributed by atoms with Crippen molar-refractivity contribution in [2.75, 3.05) is 23.9 Å². The lowest BCUT2D eigenvalue weighted by Crippen LogP contribution is -2.45. The van der Waals surface area contributed by atoms with E-state index in [1.54, 1.807) is 31.2 Å². The molecule has 110 valence electrons. The van der Waals surface area contributed by atoms with Crippen LogP contribution in [0.25, 0.3) is 0 Å². The number of nitrogens with one attached hydrogen (secondary N) is 2. The monoisotopic (exact) mass is 316 g/mol. The summed E-state index contributed by atoms with van der Waals surface area (Å²) in [5.41, 5.74) is -0.690. The van der Waals surface area contributed by atoms with Crippen molar-refractivity contribution < 1.29 is 14.7 Å². The highest BCUT2D eigenvalue weighted by Crippen LogP contribution is 2.20. The molecule has 1 rings (SSSR count). The Morgan fingerprint density at radius 3 is 2.60 bits per heavy atom. The molecule has 0 aliphatic carbocycles. The SMILES string of the molecule is CSCC(C)(O)CNC(=O)C(=O)Nc1ccccc1Cl. The quantitative estimate of drug-likeness (QED) is 0.720. The number of anilines is 1. The molecule has 1 atom stereocenters. The summed E-state index contributed by atoms with van der Waals surface area (Å²) in [7, 11) is 0. The van der Waals surface area contributed by atoms with E-state index in [1.165, 1.54) is 11.8 Å². The van der Waals surface area contributed by atoms with Gasteiger partial charge in [-0.25, -0.2) is 0 Å². The van der Waals surface area contributed by atoms with Gasteiger partial charge in [-0.15, -0.1) is 0 Å². The van der Waals surface area contributed by atoms with Crippen molar-refractivity contribution in [3.63, 3.8) is 0 Å². The molecule has 1 aromatic carbocycles. The Hall–Kier alpha value is -1.24. The molecule has 1 aromatic rings. The average molecular weight is 317 g/mol. The van der Waals surface area contributed by atoms with Crippen molar-refractivity contribution in [2.45, 2.75) is 12.5 Å². The maximum Gasteiger partial charge on any atom is 0.313 e. The largest absolute Gasteiger partial charge is 0.387 e. The van der Waals surface area contributed by atoms with Crippen molar-refractivity contribution >= 4 is 40.9 Å². The van der Waals surface area contributed by atoms with Gasteiger partial charge in [0.15, 0.2) is 0 Å². The topological polar surface area (TPSA) is 78.4 Å². The molecule has 3 N–H and O–H groups in total. The third-order valence-electron chi connectivity index (χ3n) is 2.41. The Morgan fingerprint density at radius 2 is 2.00 bits per heavy atom. The predicted octanol–water partition coefficient (Wildman–Crippen LogP) is 1.51. The van der Waals surface area contributed by atoms with Gasteiger partial charge < -0.3 is 15.7 Å². The van der Waals surface area contributed by atoms with Crippen LogP contribution in [0.4, 0.5) is 5.69 Å². The summed E-state index contributed by atoms with van der Waals surface area (Å²) in [4.78, 5) is 23.3. The molecule has 0 fully saturated rings. The first kappa shape index (κ1) is 16.8. The predicted molar refractivity (Wildman–Crippen MR) is 82.1 cm³/mol. The summed E-state index contributed by atoms with van der Waals surface area (Å²) >= 11 is 7.33. The lowest BCUT2D eigenvalue weighted by Gasteiger charge is -2.22. The van der Waals surface area contributed by atoms with Crippen LogP contribution in [0.1, 0.15) is 6.92 Å². The molecule has 0 aromatic heterocycles. The van der Waals surface area contributed by atoms with Gasteiger partial charge in [-0.2, -0.15) is 11.8 Å². The van der Waals surface area contributed by atoms with Gasteiger partial charge in [-0.05, 0) is 25.3 Å². The van der Waals surface area contributed by atoms with Crippen LogP contribution in [0.15, 0.2) is 24.3 Å². The fourth-order valence-corrected chi connectivity index (χ4v) is 2.36. The Morgan fingerprint density at radius 1 is 1.35 bits per heavy atom. The zero-order chi connectivity index (χ0) is 15.2. The van der Waals surface area contributed by atoms with Gasteiger partial charge in [0, 0.05) is 12.3 Å². The first-order chi connectivity index (χ1) is 9.35. The van der Waals surface area contributed by atoms with E-state index < -0.39 is 17.4 Å². The highest BCUT2D eigenvalue weighted by Gasteiger charge is 2.23. The Kier molecular flexibility index (Phi) is 6.32. The molecule has 0 bridgehead atoms. The van der Waals surface area contributed by atoms with Crippen molar-refractivity contribution in [1.82, 2.24) is 5.32 Å². The summed E-state index contributed by atoms with van der Waals surface area (Å²) in [5, 5.41) is 15.0. The maximum absolute atomic E-state index is 11.7. The van der Waals surface area contributed by atoms with Gasteiger partial charge in [0.2, 0.25) is 0 Å². The minimum atomic E-state index is -1.06. The second-order valence-electron chi connectivity index (χ2n) is 4.55. The number of benzene rings is 1. The number of hydrogen-bond acceptors (Lipinski definition) is 4. The summed E-state index contributed by atoms with van der Waals surface area (Å²) in [6, 6.07) is 6.62. The molecule has 0 saturated carbocycles. The third-order valence-corrected chi connectivity index (χ3v) is 3.65. The van der Waals surface area contributed by atoms with E-state index in [0.29, 0.717) is 16.5 Å². The standard InChI is InChI=1S/C13H17ClN2O3S/c1-13(19,8-20-2)7-15-11(17)12(18)16-10-6-4-3-5-9(10)14/h3-6,19H,7-8H2,1-2H3,(H,15,17)(H,16,18). The zero-order valence-electron chi connectivity index (χ0n) is 11.3. The van der Waals surface area contributed by atoms with Crippen LogP contribution >= 0.6 is 23.4 Å². The van der Waals surface area contributed by atoms with Gasteiger partial charge in [-0.3, -0.25) is 9.59 Å². The van der Waals surface area contributed by atoms with Crippen molar-refractivity contribution in [3.05, 3.63) is 29.3 Å². The first-order valence-electron chi connectivity index (χ1n) is 5.91. The zero-order valence-corrected chi connectivity index (χ0v) is 12.8. The lowest BCUT2D eigenvalue weighted by atomic mass is 10.1. The minimum absolute atomic E-state index is 0.00259. The van der Waals surface area contributed by atoms with Gasteiger partial charge in [0.25, 0.3) is 0 Å². The van der Waals surface area contributed by atoms with E-state index in [1.807, 2.05) is 6.26 Å². The maximum atomic E-state index is 11.7. The van der Waals surface area contributed by atoms with E-state index in [2.05, 4.69) is 10.6 Å². The van der Waals surface area contributed by atoms with Crippen LogP contribution in [-0.4, -0.2) is 41.1 Å².